The van der Waals surface area contributed by atoms with Gasteiger partial charge in [0.1, 0.15) is 11.5 Å². The number of aryl methyl sites for hydroxylation is 2. The Bertz CT molecular complexity index is 2930. The summed E-state index contributed by atoms with van der Waals surface area (Å²) >= 11 is 1.87. The molecule has 1 aliphatic rings. The molecule has 2 heterocycles. The Morgan fingerprint density at radius 3 is 2.19 bits per heavy atom. The third-order valence-electron chi connectivity index (χ3n) is 10.8. The van der Waals surface area contributed by atoms with E-state index in [1.54, 1.807) is 0 Å². The number of para-hydroxylation sites is 2. The van der Waals surface area contributed by atoms with Gasteiger partial charge in [-0.2, -0.15) is 0 Å². The number of nitrogens with zero attached hydrogens (tertiary/aromatic N) is 2. The van der Waals surface area contributed by atoms with Gasteiger partial charge < -0.3 is 14.2 Å². The number of anilines is 2. The van der Waals surface area contributed by atoms with Crippen molar-refractivity contribution in [1.29, 1.82) is 0 Å². The Balaban J connectivity index is 1.21. The number of fused-ring (bicyclic) bond motifs is 7. The van der Waals surface area contributed by atoms with E-state index in [1.807, 2.05) is 29.5 Å². The summed E-state index contributed by atoms with van der Waals surface area (Å²) < 4.78 is 11.4. The average Bonchev–Trinajstić information content (AvgIpc) is 3.75. The maximum absolute atomic E-state index is 6.35. The first-order valence-corrected chi connectivity index (χ1v) is 19.4. The van der Waals surface area contributed by atoms with E-state index >= 15 is 0 Å². The van der Waals surface area contributed by atoms with Gasteiger partial charge in [0.2, 0.25) is 0 Å². The highest BCUT2D eigenvalue weighted by Crippen LogP contribution is 2.46. The minimum Gasteiger partial charge on any atom is -0.457 e. The smallest absolute Gasteiger partial charge is 0.130 e. The maximum Gasteiger partial charge on any atom is 0.130 e. The van der Waals surface area contributed by atoms with Crippen LogP contribution in [0.25, 0.3) is 58.8 Å². The molecule has 9 aromatic rings. The molecule has 10 rings (SSSR count). The summed E-state index contributed by atoms with van der Waals surface area (Å²) in [5, 5.41) is 5.17. The van der Waals surface area contributed by atoms with Crippen molar-refractivity contribution in [3.05, 3.63) is 187 Å². The summed E-state index contributed by atoms with van der Waals surface area (Å²) in [7, 11) is 0. The van der Waals surface area contributed by atoms with Crippen LogP contribution < -0.4 is 9.64 Å². The molecule has 0 amide bonds. The molecule has 1 atom stereocenters. The summed E-state index contributed by atoms with van der Waals surface area (Å²) in [5.74, 6) is 1.69. The predicted molar refractivity (Wildman–Crippen MR) is 230 cm³/mol. The summed E-state index contributed by atoms with van der Waals surface area (Å²) in [4.78, 5) is 2.54. The lowest BCUT2D eigenvalue weighted by Gasteiger charge is -2.34. The van der Waals surface area contributed by atoms with Crippen molar-refractivity contribution in [2.75, 3.05) is 4.90 Å². The summed E-state index contributed by atoms with van der Waals surface area (Å²) in [5.41, 5.74) is 10.7. The van der Waals surface area contributed by atoms with Gasteiger partial charge in [-0.1, -0.05) is 109 Å². The number of thiophene rings is 1. The molecule has 3 nitrogen and oxygen atoms in total. The highest BCUT2D eigenvalue weighted by molar-refractivity contribution is 7.26. The topological polar surface area (TPSA) is 17.4 Å². The Kier molecular flexibility index (Phi) is 7.92. The van der Waals surface area contributed by atoms with Crippen LogP contribution in [0.15, 0.2) is 176 Å². The number of benzene rings is 7. The van der Waals surface area contributed by atoms with Crippen molar-refractivity contribution in [2.45, 2.75) is 26.3 Å². The van der Waals surface area contributed by atoms with Crippen molar-refractivity contribution in [3.63, 3.8) is 0 Å². The van der Waals surface area contributed by atoms with E-state index in [9.17, 15) is 0 Å². The van der Waals surface area contributed by atoms with Gasteiger partial charge in [-0.25, -0.2) is 0 Å². The molecule has 0 bridgehead atoms. The second-order valence-electron chi connectivity index (χ2n) is 14.1. The van der Waals surface area contributed by atoms with E-state index in [1.165, 1.54) is 64.4 Å². The highest BCUT2D eigenvalue weighted by atomic mass is 32.1. The van der Waals surface area contributed by atoms with Crippen LogP contribution in [0.1, 0.15) is 17.5 Å². The number of hydrogen-bond acceptors (Lipinski definition) is 3. The van der Waals surface area contributed by atoms with Crippen LogP contribution in [0.3, 0.4) is 0 Å². The number of ether oxygens (including phenoxy) is 1. The molecule has 2 aromatic heterocycles. The Morgan fingerprint density at radius 1 is 0.611 bits per heavy atom. The normalized spacial score (nSPS) is 14.1. The van der Waals surface area contributed by atoms with E-state index in [2.05, 4.69) is 181 Å². The van der Waals surface area contributed by atoms with Gasteiger partial charge in [0, 0.05) is 53.6 Å². The average molecular weight is 715 g/mol. The van der Waals surface area contributed by atoms with Crippen molar-refractivity contribution in [2.24, 2.45) is 0 Å². The SMILES string of the molecule is Cc1ccccc1Oc1ccc(-n2c3cc(N(c4ccccc4-c4ccccc4C)C4C=CC=CC4)ccc3c3c4c(ccc32)sc2ccccc24)cc1. The molecule has 1 aliphatic carbocycles. The van der Waals surface area contributed by atoms with E-state index in [0.717, 1.165) is 34.9 Å². The van der Waals surface area contributed by atoms with Gasteiger partial charge in [-0.3, -0.25) is 0 Å². The monoisotopic (exact) mass is 714 g/mol. The first-order chi connectivity index (χ1) is 26.6. The quantitative estimate of drug-likeness (QED) is 0.164. The predicted octanol–water partition coefficient (Wildman–Crippen LogP) is 14.3. The van der Waals surface area contributed by atoms with Gasteiger partial charge >= 0.3 is 0 Å². The van der Waals surface area contributed by atoms with Gasteiger partial charge in [0.05, 0.1) is 17.1 Å². The van der Waals surface area contributed by atoms with E-state index in [-0.39, 0.29) is 6.04 Å². The number of hydrogen-bond donors (Lipinski definition) is 0. The zero-order valence-electron chi connectivity index (χ0n) is 30.2. The largest absolute Gasteiger partial charge is 0.457 e. The molecule has 7 aromatic carbocycles. The van der Waals surface area contributed by atoms with Crippen molar-refractivity contribution in [1.82, 2.24) is 4.57 Å². The highest BCUT2D eigenvalue weighted by Gasteiger charge is 2.25. The molecule has 1 unspecified atom stereocenters. The van der Waals surface area contributed by atoms with E-state index < -0.39 is 0 Å². The number of aromatic nitrogens is 1. The second kappa shape index (κ2) is 13.2. The zero-order valence-corrected chi connectivity index (χ0v) is 31.1. The van der Waals surface area contributed by atoms with Gasteiger partial charge in [-0.15, -0.1) is 11.3 Å². The van der Waals surface area contributed by atoms with Crippen LogP contribution in [-0.4, -0.2) is 10.6 Å². The molecule has 0 saturated carbocycles. The molecule has 0 N–H and O–H groups in total. The molecule has 260 valence electrons. The fourth-order valence-corrected chi connectivity index (χ4v) is 9.37. The molecule has 0 aliphatic heterocycles. The summed E-state index contributed by atoms with van der Waals surface area (Å²) in [6.07, 6.45) is 9.88. The molecular weight excluding hydrogens is 677 g/mol. The molecule has 0 spiro atoms. The standard InChI is InChI=1S/C50H38N2OS/c1-33-14-6-8-18-39(33)40-19-9-11-21-43(40)51(35-16-4-3-5-17-35)37-26-29-41-45(32-37)52(36-24-27-38(28-25-36)53-46-22-12-7-15-34(46)2)44-30-31-48-50(49(41)44)42-20-10-13-23-47(42)54-48/h3-16,18-32,35H,17H2,1-2H3. The van der Waals surface area contributed by atoms with Gasteiger partial charge in [0.25, 0.3) is 0 Å². The lowest BCUT2D eigenvalue weighted by Crippen LogP contribution is -2.30. The minimum atomic E-state index is 0.154. The lowest BCUT2D eigenvalue weighted by molar-refractivity contribution is 0.479. The van der Waals surface area contributed by atoms with Crippen molar-refractivity contribution >= 4 is 64.7 Å². The van der Waals surface area contributed by atoms with E-state index in [4.69, 9.17) is 4.74 Å². The van der Waals surface area contributed by atoms with Crippen LogP contribution in [-0.2, 0) is 0 Å². The van der Waals surface area contributed by atoms with Gasteiger partial charge in [0.15, 0.2) is 0 Å². The molecule has 0 radical (unpaired) electrons. The Morgan fingerprint density at radius 2 is 1.37 bits per heavy atom. The van der Waals surface area contributed by atoms with Crippen LogP contribution in [0.5, 0.6) is 11.5 Å². The summed E-state index contributed by atoms with van der Waals surface area (Å²) in [6.45, 7) is 4.28. The zero-order chi connectivity index (χ0) is 36.2. The summed E-state index contributed by atoms with van der Waals surface area (Å²) in [6, 6.07) is 55.0. The van der Waals surface area contributed by atoms with Crippen LogP contribution in [0.4, 0.5) is 11.4 Å². The molecule has 0 saturated heterocycles. The molecular formula is C50H38N2OS. The molecule has 0 fully saturated rings. The fraction of sp³-hybridized carbons (Fsp3) is 0.0800. The van der Waals surface area contributed by atoms with Crippen molar-refractivity contribution < 1.29 is 4.74 Å². The second-order valence-corrected chi connectivity index (χ2v) is 15.2. The third kappa shape index (κ3) is 5.41. The first-order valence-electron chi connectivity index (χ1n) is 18.6. The first kappa shape index (κ1) is 32.3. The Hall–Kier alpha value is -6.36. The Labute approximate surface area is 319 Å². The minimum absolute atomic E-state index is 0.154. The van der Waals surface area contributed by atoms with Crippen molar-refractivity contribution in [3.8, 4) is 28.3 Å². The molecule has 4 heteroatoms. The van der Waals surface area contributed by atoms with Gasteiger partial charge in [-0.05, 0) is 104 Å². The fourth-order valence-electron chi connectivity index (χ4n) is 8.25. The third-order valence-corrected chi connectivity index (χ3v) is 12.0. The lowest BCUT2D eigenvalue weighted by atomic mass is 9.96. The molecule has 54 heavy (non-hydrogen) atoms. The van der Waals surface area contributed by atoms with E-state index in [0.29, 0.717) is 0 Å². The number of rotatable bonds is 7. The maximum atomic E-state index is 6.35. The van der Waals surface area contributed by atoms with Crippen LogP contribution in [0.2, 0.25) is 0 Å². The van der Waals surface area contributed by atoms with Crippen LogP contribution >= 0.6 is 11.3 Å². The van der Waals surface area contributed by atoms with Crippen LogP contribution in [0, 0.1) is 13.8 Å². The number of allylic oxidation sites excluding steroid dienone is 2.